The molecule has 6 heteroatoms. The van der Waals surface area contributed by atoms with Gasteiger partial charge in [-0.3, -0.25) is 9.48 Å². The zero-order chi connectivity index (χ0) is 12.8. The highest BCUT2D eigenvalue weighted by atomic mass is 16.2. The topological polar surface area (TPSA) is 76.2 Å². The fourth-order valence-electron chi connectivity index (χ4n) is 1.68. The molecule has 0 spiro atoms. The molecule has 17 heavy (non-hydrogen) atoms. The third-order valence-electron chi connectivity index (χ3n) is 2.79. The highest BCUT2D eigenvalue weighted by Crippen LogP contribution is 2.08. The van der Waals surface area contributed by atoms with Crippen LogP contribution in [0.4, 0.5) is 5.69 Å². The molecule has 0 aliphatic heterocycles. The van der Waals surface area contributed by atoms with Crippen molar-refractivity contribution in [2.24, 2.45) is 7.05 Å². The first-order chi connectivity index (χ1) is 8.10. The second-order valence-corrected chi connectivity index (χ2v) is 3.85. The van der Waals surface area contributed by atoms with Gasteiger partial charge in [0.05, 0.1) is 11.9 Å². The number of hydrogen-bond acceptors (Lipinski definition) is 4. The minimum absolute atomic E-state index is 0.172. The van der Waals surface area contributed by atoms with Crippen molar-refractivity contribution in [1.82, 2.24) is 20.0 Å². The van der Waals surface area contributed by atoms with Gasteiger partial charge in [0.15, 0.2) is 0 Å². The zero-order valence-corrected chi connectivity index (χ0v) is 10.7. The molecule has 1 amide bonds. The number of hydrogen-bond donors (Lipinski definition) is 2. The Balaban J connectivity index is 2.45. The Kier molecular flexibility index (Phi) is 4.96. The largest absolute Gasteiger partial charge is 0.396 e. The fourth-order valence-corrected chi connectivity index (χ4v) is 1.68. The summed E-state index contributed by atoms with van der Waals surface area (Å²) in [6.45, 7) is 7.64. The maximum absolute atomic E-state index is 11.8. The Bertz CT molecular complexity index is 350. The average molecular weight is 239 g/mol. The van der Waals surface area contributed by atoms with Gasteiger partial charge in [0.25, 0.3) is 5.91 Å². The van der Waals surface area contributed by atoms with E-state index in [0.29, 0.717) is 17.9 Å². The Morgan fingerprint density at radius 1 is 1.53 bits per heavy atom. The third-order valence-corrected chi connectivity index (χ3v) is 2.79. The molecule has 0 radical (unpaired) electrons. The summed E-state index contributed by atoms with van der Waals surface area (Å²) in [7, 11) is 1.70. The average Bonchev–Trinajstić information content (AvgIpc) is 2.64. The predicted octanol–water partition coefficient (Wildman–Crippen LogP) is 0.0739. The number of carbonyl (C=O) groups is 1. The third kappa shape index (κ3) is 3.45. The molecule has 0 aliphatic carbocycles. The van der Waals surface area contributed by atoms with E-state index in [-0.39, 0.29) is 5.91 Å². The molecular formula is C11H21N5O. The van der Waals surface area contributed by atoms with Gasteiger partial charge in [0, 0.05) is 20.1 Å². The molecular weight excluding hydrogens is 218 g/mol. The van der Waals surface area contributed by atoms with Crippen LogP contribution < -0.4 is 11.1 Å². The van der Waals surface area contributed by atoms with Crippen LogP contribution in [0.2, 0.25) is 0 Å². The van der Waals surface area contributed by atoms with Gasteiger partial charge in [0.1, 0.15) is 5.69 Å². The molecule has 1 aromatic rings. The summed E-state index contributed by atoms with van der Waals surface area (Å²) in [6.07, 6.45) is 1.49. The number of nitrogens with two attached hydrogens (primary N) is 1. The number of aromatic nitrogens is 2. The number of aryl methyl sites for hydroxylation is 1. The van der Waals surface area contributed by atoms with Gasteiger partial charge < -0.3 is 16.0 Å². The predicted molar refractivity (Wildman–Crippen MR) is 67.7 cm³/mol. The number of nitrogens with zero attached hydrogens (tertiary/aromatic N) is 3. The van der Waals surface area contributed by atoms with Crippen molar-refractivity contribution in [3.8, 4) is 0 Å². The van der Waals surface area contributed by atoms with E-state index in [1.165, 1.54) is 10.9 Å². The van der Waals surface area contributed by atoms with Crippen LogP contribution in [-0.2, 0) is 7.05 Å². The van der Waals surface area contributed by atoms with E-state index in [0.717, 1.165) is 19.6 Å². The molecule has 0 bridgehead atoms. The lowest BCUT2D eigenvalue weighted by Crippen LogP contribution is -2.35. The van der Waals surface area contributed by atoms with E-state index in [4.69, 9.17) is 5.73 Å². The lowest BCUT2D eigenvalue weighted by atomic mass is 10.3. The van der Waals surface area contributed by atoms with Crippen molar-refractivity contribution < 1.29 is 4.79 Å². The van der Waals surface area contributed by atoms with E-state index in [1.54, 1.807) is 7.05 Å². The first-order valence-corrected chi connectivity index (χ1v) is 5.88. The molecule has 0 atom stereocenters. The van der Waals surface area contributed by atoms with Gasteiger partial charge in [-0.2, -0.15) is 5.10 Å². The van der Waals surface area contributed by atoms with E-state index < -0.39 is 0 Å². The van der Waals surface area contributed by atoms with Crippen molar-refractivity contribution in [1.29, 1.82) is 0 Å². The van der Waals surface area contributed by atoms with Gasteiger partial charge in [-0.05, 0) is 13.1 Å². The maximum atomic E-state index is 11.8. The molecule has 1 aromatic heterocycles. The molecule has 6 nitrogen and oxygen atoms in total. The molecule has 0 fully saturated rings. The smallest absolute Gasteiger partial charge is 0.271 e. The van der Waals surface area contributed by atoms with Crippen LogP contribution in [0.1, 0.15) is 24.3 Å². The van der Waals surface area contributed by atoms with Gasteiger partial charge >= 0.3 is 0 Å². The van der Waals surface area contributed by atoms with Crippen LogP contribution in [0.5, 0.6) is 0 Å². The molecule has 0 unspecified atom stereocenters. The van der Waals surface area contributed by atoms with Gasteiger partial charge in [0.2, 0.25) is 0 Å². The van der Waals surface area contributed by atoms with Crippen molar-refractivity contribution in [3.05, 3.63) is 11.9 Å². The van der Waals surface area contributed by atoms with Crippen LogP contribution in [0.25, 0.3) is 0 Å². The van der Waals surface area contributed by atoms with Gasteiger partial charge in [-0.25, -0.2) is 0 Å². The van der Waals surface area contributed by atoms with E-state index in [2.05, 4.69) is 29.2 Å². The number of carbonyl (C=O) groups excluding carboxylic acids is 1. The highest BCUT2D eigenvalue weighted by Gasteiger charge is 2.14. The lowest BCUT2D eigenvalue weighted by Gasteiger charge is -2.17. The summed E-state index contributed by atoms with van der Waals surface area (Å²) in [5, 5.41) is 6.78. The minimum Gasteiger partial charge on any atom is -0.396 e. The molecule has 1 rings (SSSR count). The Labute approximate surface area is 102 Å². The van der Waals surface area contributed by atoms with E-state index >= 15 is 0 Å². The van der Waals surface area contributed by atoms with Crippen molar-refractivity contribution >= 4 is 11.6 Å². The summed E-state index contributed by atoms with van der Waals surface area (Å²) in [5.41, 5.74) is 6.50. The molecule has 0 saturated heterocycles. The Morgan fingerprint density at radius 3 is 2.65 bits per heavy atom. The van der Waals surface area contributed by atoms with Gasteiger partial charge in [-0.1, -0.05) is 13.8 Å². The van der Waals surface area contributed by atoms with Crippen molar-refractivity contribution in [2.45, 2.75) is 13.8 Å². The van der Waals surface area contributed by atoms with Crippen LogP contribution in [0.3, 0.4) is 0 Å². The zero-order valence-electron chi connectivity index (χ0n) is 10.7. The van der Waals surface area contributed by atoms with Crippen LogP contribution in [0, 0.1) is 0 Å². The van der Waals surface area contributed by atoms with Gasteiger partial charge in [-0.15, -0.1) is 0 Å². The highest BCUT2D eigenvalue weighted by molar-refractivity contribution is 5.97. The molecule has 1 heterocycles. The fraction of sp³-hybridized carbons (Fsp3) is 0.636. The summed E-state index contributed by atoms with van der Waals surface area (Å²) in [6, 6.07) is 0. The number of likely N-dealkylation sites (N-methyl/N-ethyl adjacent to an activating group) is 1. The van der Waals surface area contributed by atoms with E-state index in [9.17, 15) is 4.79 Å². The molecule has 3 N–H and O–H groups in total. The monoisotopic (exact) mass is 239 g/mol. The minimum atomic E-state index is -0.172. The number of amides is 1. The normalized spacial score (nSPS) is 10.8. The summed E-state index contributed by atoms with van der Waals surface area (Å²) >= 11 is 0. The lowest BCUT2D eigenvalue weighted by molar-refractivity contribution is 0.0940. The summed E-state index contributed by atoms with van der Waals surface area (Å²) in [4.78, 5) is 14.1. The van der Waals surface area contributed by atoms with Crippen LogP contribution in [0.15, 0.2) is 6.20 Å². The second-order valence-electron chi connectivity index (χ2n) is 3.85. The quantitative estimate of drug-likeness (QED) is 0.737. The first-order valence-electron chi connectivity index (χ1n) is 5.88. The van der Waals surface area contributed by atoms with E-state index in [1.807, 2.05) is 0 Å². The first kappa shape index (κ1) is 13.5. The number of anilines is 1. The summed E-state index contributed by atoms with van der Waals surface area (Å²) in [5.74, 6) is -0.172. The second kappa shape index (κ2) is 6.24. The van der Waals surface area contributed by atoms with Crippen LogP contribution in [-0.4, -0.2) is 46.8 Å². The van der Waals surface area contributed by atoms with Crippen molar-refractivity contribution in [2.75, 3.05) is 31.9 Å². The van der Waals surface area contributed by atoms with Crippen LogP contribution >= 0.6 is 0 Å². The SMILES string of the molecule is CCN(CC)CCNC(=O)c1c(N)cnn1C. The maximum Gasteiger partial charge on any atom is 0.271 e. The standard InChI is InChI=1S/C11H21N5O/c1-4-16(5-2)7-6-13-11(17)10-9(12)8-14-15(10)3/h8H,4-7,12H2,1-3H3,(H,13,17). The Hall–Kier alpha value is -1.56. The Morgan fingerprint density at radius 2 is 2.18 bits per heavy atom. The number of rotatable bonds is 6. The molecule has 0 saturated carbocycles. The molecule has 96 valence electrons. The van der Waals surface area contributed by atoms with Crippen molar-refractivity contribution in [3.63, 3.8) is 0 Å². The molecule has 0 aromatic carbocycles. The number of nitrogens with one attached hydrogen (secondary N) is 1. The number of nitrogen functional groups attached to an aromatic ring is 1. The summed E-state index contributed by atoms with van der Waals surface area (Å²) < 4.78 is 1.49. The molecule has 0 aliphatic rings.